The molecule has 0 unspecified atom stereocenters. The van der Waals surface area contributed by atoms with Gasteiger partial charge in [-0.25, -0.2) is 0 Å². The molecular formula is C13H14N6O. The molecule has 7 heteroatoms. The summed E-state index contributed by atoms with van der Waals surface area (Å²) in [6.07, 6.45) is 2.38. The van der Waals surface area contributed by atoms with Crippen LogP contribution in [0.3, 0.4) is 0 Å². The van der Waals surface area contributed by atoms with Crippen molar-refractivity contribution in [2.24, 2.45) is 0 Å². The highest BCUT2D eigenvalue weighted by molar-refractivity contribution is 5.80. The summed E-state index contributed by atoms with van der Waals surface area (Å²) < 4.78 is 5.85. The number of nitrogens with two attached hydrogens (primary N) is 1. The maximum atomic E-state index is 5.85. The first-order chi connectivity index (χ1) is 9.67. The monoisotopic (exact) mass is 270 g/mol. The number of ether oxygens (including phenoxy) is 1. The van der Waals surface area contributed by atoms with E-state index in [9.17, 15) is 0 Å². The number of hydrogen-bond acceptors (Lipinski definition) is 6. The van der Waals surface area contributed by atoms with Crippen LogP contribution in [0.1, 0.15) is 18.3 Å². The Morgan fingerprint density at radius 3 is 2.90 bits per heavy atom. The van der Waals surface area contributed by atoms with Crippen molar-refractivity contribution in [3.63, 3.8) is 0 Å². The van der Waals surface area contributed by atoms with Gasteiger partial charge in [0.15, 0.2) is 11.4 Å². The van der Waals surface area contributed by atoms with E-state index in [0.717, 1.165) is 17.8 Å². The molecule has 0 fully saturated rings. The smallest absolute Gasteiger partial charge is 0.235 e. The van der Waals surface area contributed by atoms with Crippen LogP contribution >= 0.6 is 0 Å². The largest absolute Gasteiger partial charge is 0.436 e. The van der Waals surface area contributed by atoms with Crippen LogP contribution in [-0.4, -0.2) is 25.1 Å². The quantitative estimate of drug-likeness (QED) is 0.754. The zero-order valence-electron chi connectivity index (χ0n) is 11.2. The SMILES string of the molecule is CCc1nc(C)ccc1Oc1nc(N)nc2[nH]ncc12. The second-order valence-corrected chi connectivity index (χ2v) is 4.37. The van der Waals surface area contributed by atoms with Gasteiger partial charge in [0.05, 0.1) is 11.9 Å². The second-order valence-electron chi connectivity index (χ2n) is 4.37. The number of anilines is 1. The van der Waals surface area contributed by atoms with Crippen molar-refractivity contribution in [1.82, 2.24) is 25.1 Å². The number of aryl methyl sites for hydroxylation is 2. The Balaban J connectivity index is 2.07. The third-order valence-corrected chi connectivity index (χ3v) is 2.91. The molecule has 102 valence electrons. The van der Waals surface area contributed by atoms with Gasteiger partial charge in [0, 0.05) is 5.69 Å². The standard InChI is InChI=1S/C13H14N6O/c1-3-9-10(5-4-7(2)16-9)20-12-8-6-15-19-11(8)17-13(14)18-12/h4-6H,3H2,1-2H3,(H3,14,15,17,18,19). The van der Waals surface area contributed by atoms with E-state index in [4.69, 9.17) is 10.5 Å². The van der Waals surface area contributed by atoms with Gasteiger partial charge in [-0.3, -0.25) is 10.1 Å². The Kier molecular flexibility index (Phi) is 2.94. The van der Waals surface area contributed by atoms with Crippen LogP contribution in [0.2, 0.25) is 0 Å². The van der Waals surface area contributed by atoms with Crippen LogP contribution in [0.25, 0.3) is 11.0 Å². The predicted molar refractivity (Wildman–Crippen MR) is 74.5 cm³/mol. The highest BCUT2D eigenvalue weighted by Crippen LogP contribution is 2.28. The minimum absolute atomic E-state index is 0.134. The number of aromatic amines is 1. The average Bonchev–Trinajstić information content (AvgIpc) is 2.88. The first kappa shape index (κ1) is 12.3. The van der Waals surface area contributed by atoms with Gasteiger partial charge in [0.25, 0.3) is 0 Å². The van der Waals surface area contributed by atoms with E-state index < -0.39 is 0 Å². The fraction of sp³-hybridized carbons (Fsp3) is 0.231. The summed E-state index contributed by atoms with van der Waals surface area (Å²) in [7, 11) is 0. The van der Waals surface area contributed by atoms with Crippen LogP contribution in [0, 0.1) is 6.92 Å². The number of rotatable bonds is 3. The summed E-state index contributed by atoms with van der Waals surface area (Å²) in [5, 5.41) is 7.35. The molecule has 7 nitrogen and oxygen atoms in total. The zero-order chi connectivity index (χ0) is 14.1. The summed E-state index contributed by atoms with van der Waals surface area (Å²) in [5.74, 6) is 1.18. The van der Waals surface area contributed by atoms with Gasteiger partial charge in [-0.2, -0.15) is 15.1 Å². The lowest BCUT2D eigenvalue weighted by Crippen LogP contribution is -2.00. The van der Waals surface area contributed by atoms with E-state index in [-0.39, 0.29) is 5.95 Å². The molecule has 0 saturated heterocycles. The minimum Gasteiger partial charge on any atom is -0.436 e. The number of nitrogens with zero attached hydrogens (tertiary/aromatic N) is 4. The Bertz CT molecular complexity index is 767. The summed E-state index contributed by atoms with van der Waals surface area (Å²) in [6.45, 7) is 3.97. The number of nitrogen functional groups attached to an aromatic ring is 1. The number of fused-ring (bicyclic) bond motifs is 1. The Morgan fingerprint density at radius 2 is 2.10 bits per heavy atom. The van der Waals surface area contributed by atoms with Gasteiger partial charge < -0.3 is 10.5 Å². The molecule has 0 aliphatic rings. The van der Waals surface area contributed by atoms with Crippen LogP contribution in [0.4, 0.5) is 5.95 Å². The highest BCUT2D eigenvalue weighted by atomic mass is 16.5. The van der Waals surface area contributed by atoms with Crippen molar-refractivity contribution < 1.29 is 4.74 Å². The fourth-order valence-electron chi connectivity index (χ4n) is 1.95. The molecule has 3 rings (SSSR count). The number of hydrogen-bond donors (Lipinski definition) is 2. The van der Waals surface area contributed by atoms with Crippen molar-refractivity contribution in [2.75, 3.05) is 5.73 Å². The number of pyridine rings is 1. The molecule has 3 aromatic rings. The van der Waals surface area contributed by atoms with Crippen molar-refractivity contribution in [1.29, 1.82) is 0 Å². The van der Waals surface area contributed by atoms with Crippen molar-refractivity contribution in [3.8, 4) is 11.6 Å². The van der Waals surface area contributed by atoms with Gasteiger partial charge in [0.2, 0.25) is 11.8 Å². The lowest BCUT2D eigenvalue weighted by molar-refractivity contribution is 0.460. The van der Waals surface area contributed by atoms with Crippen LogP contribution in [0.15, 0.2) is 18.3 Å². The Hall–Kier alpha value is -2.70. The van der Waals surface area contributed by atoms with E-state index in [0.29, 0.717) is 22.7 Å². The zero-order valence-corrected chi connectivity index (χ0v) is 11.2. The van der Waals surface area contributed by atoms with Crippen molar-refractivity contribution in [3.05, 3.63) is 29.7 Å². The Morgan fingerprint density at radius 1 is 1.25 bits per heavy atom. The van der Waals surface area contributed by atoms with Crippen LogP contribution in [0.5, 0.6) is 11.6 Å². The highest BCUT2D eigenvalue weighted by Gasteiger charge is 2.12. The maximum Gasteiger partial charge on any atom is 0.235 e. The fourth-order valence-corrected chi connectivity index (χ4v) is 1.95. The first-order valence-electron chi connectivity index (χ1n) is 6.28. The van der Waals surface area contributed by atoms with Gasteiger partial charge in [-0.1, -0.05) is 6.92 Å². The molecule has 0 saturated carbocycles. The topological polar surface area (TPSA) is 103 Å². The molecule has 0 spiro atoms. The molecule has 0 aliphatic carbocycles. The van der Waals surface area contributed by atoms with E-state index in [1.807, 2.05) is 26.0 Å². The predicted octanol–water partition coefficient (Wildman–Crippen LogP) is 1.99. The second kappa shape index (κ2) is 4.76. The van der Waals surface area contributed by atoms with E-state index in [1.54, 1.807) is 6.20 Å². The molecule has 0 bridgehead atoms. The lowest BCUT2D eigenvalue weighted by Gasteiger charge is -2.10. The van der Waals surface area contributed by atoms with E-state index >= 15 is 0 Å². The van der Waals surface area contributed by atoms with Crippen molar-refractivity contribution >= 4 is 17.0 Å². The van der Waals surface area contributed by atoms with Gasteiger partial charge in [-0.15, -0.1) is 0 Å². The van der Waals surface area contributed by atoms with E-state index in [1.165, 1.54) is 0 Å². The van der Waals surface area contributed by atoms with Gasteiger partial charge >= 0.3 is 0 Å². The number of aromatic nitrogens is 5. The summed E-state index contributed by atoms with van der Waals surface area (Å²) >= 11 is 0. The molecule has 3 heterocycles. The molecule has 3 aromatic heterocycles. The number of H-pyrrole nitrogens is 1. The first-order valence-corrected chi connectivity index (χ1v) is 6.28. The molecule has 0 amide bonds. The van der Waals surface area contributed by atoms with E-state index in [2.05, 4.69) is 25.1 Å². The molecular weight excluding hydrogens is 256 g/mol. The molecule has 0 atom stereocenters. The van der Waals surface area contributed by atoms with Crippen molar-refractivity contribution in [2.45, 2.75) is 20.3 Å². The molecule has 0 radical (unpaired) electrons. The minimum atomic E-state index is 0.134. The van der Waals surface area contributed by atoms with Gasteiger partial charge in [-0.05, 0) is 25.5 Å². The molecule has 0 aromatic carbocycles. The van der Waals surface area contributed by atoms with Crippen LogP contribution < -0.4 is 10.5 Å². The maximum absolute atomic E-state index is 5.85. The third kappa shape index (κ3) is 2.13. The molecule has 3 N–H and O–H groups in total. The summed E-state index contributed by atoms with van der Waals surface area (Å²) in [5.41, 5.74) is 8.04. The lowest BCUT2D eigenvalue weighted by atomic mass is 10.2. The summed E-state index contributed by atoms with van der Waals surface area (Å²) in [4.78, 5) is 12.6. The molecule has 20 heavy (non-hydrogen) atoms. The molecule has 0 aliphatic heterocycles. The normalized spacial score (nSPS) is 10.9. The third-order valence-electron chi connectivity index (χ3n) is 2.91. The van der Waals surface area contributed by atoms with Gasteiger partial charge in [0.1, 0.15) is 5.39 Å². The Labute approximate surface area is 115 Å². The summed E-state index contributed by atoms with van der Waals surface area (Å²) in [6, 6.07) is 3.77. The average molecular weight is 270 g/mol. The number of nitrogens with one attached hydrogen (secondary N) is 1. The van der Waals surface area contributed by atoms with Crippen LogP contribution in [-0.2, 0) is 6.42 Å².